The van der Waals surface area contributed by atoms with Gasteiger partial charge in [-0.25, -0.2) is 4.68 Å². The number of rotatable bonds is 10. The van der Waals surface area contributed by atoms with Gasteiger partial charge >= 0.3 is 0 Å². The molecule has 9 nitrogen and oxygen atoms in total. The minimum absolute atomic E-state index is 0.0233. The monoisotopic (exact) mass is 542 g/mol. The summed E-state index contributed by atoms with van der Waals surface area (Å²) in [6.07, 6.45) is 5.56. The van der Waals surface area contributed by atoms with Crippen molar-refractivity contribution in [2.75, 3.05) is 25.2 Å². The number of aromatic nitrogens is 5. The molecular weight excluding hydrogens is 508 g/mol. The first-order valence-electron chi connectivity index (χ1n) is 12.6. The molecule has 1 amide bonds. The predicted molar refractivity (Wildman–Crippen MR) is 147 cm³/mol. The van der Waals surface area contributed by atoms with Gasteiger partial charge in [-0.05, 0) is 49.4 Å². The normalized spacial score (nSPS) is 16.3. The number of anilines is 1. The average Bonchev–Trinajstić information content (AvgIpc) is 3.27. The molecule has 1 saturated heterocycles. The molecule has 4 rings (SSSR count). The number of carbonyl (C=O) groups excluding carboxylic acids is 1. The van der Waals surface area contributed by atoms with Crippen molar-refractivity contribution < 1.29 is 14.3 Å². The van der Waals surface area contributed by atoms with Gasteiger partial charge < -0.3 is 9.47 Å². The van der Waals surface area contributed by atoms with Crippen molar-refractivity contribution in [3.8, 4) is 17.1 Å². The van der Waals surface area contributed by atoms with E-state index in [1.807, 2.05) is 19.1 Å². The zero-order valence-electron chi connectivity index (χ0n) is 22.2. The summed E-state index contributed by atoms with van der Waals surface area (Å²) in [6, 6.07) is 6.59. The number of halogens is 1. The second-order valence-corrected chi connectivity index (χ2v) is 16.7. The molecule has 0 saturated carbocycles. The van der Waals surface area contributed by atoms with Crippen LogP contribution in [0, 0.1) is 12.8 Å². The van der Waals surface area contributed by atoms with Gasteiger partial charge in [0.2, 0.25) is 11.9 Å². The number of hydrogen-bond acceptors (Lipinski definition) is 7. The van der Waals surface area contributed by atoms with Crippen LogP contribution < -0.4 is 9.64 Å². The van der Waals surface area contributed by atoms with E-state index in [0.29, 0.717) is 42.1 Å². The van der Waals surface area contributed by atoms with Crippen LogP contribution in [0.2, 0.25) is 30.7 Å². The zero-order chi connectivity index (χ0) is 26.6. The van der Waals surface area contributed by atoms with E-state index in [1.54, 1.807) is 35.2 Å². The van der Waals surface area contributed by atoms with Crippen molar-refractivity contribution in [1.29, 1.82) is 0 Å². The zero-order valence-corrected chi connectivity index (χ0v) is 24.0. The smallest absolute Gasteiger partial charge is 0.233 e. The summed E-state index contributed by atoms with van der Waals surface area (Å²) in [4.78, 5) is 20.3. The van der Waals surface area contributed by atoms with E-state index in [9.17, 15) is 4.79 Å². The average molecular weight is 543 g/mol. The third kappa shape index (κ3) is 6.74. The third-order valence-corrected chi connectivity index (χ3v) is 8.48. The van der Waals surface area contributed by atoms with Crippen LogP contribution in [-0.2, 0) is 22.7 Å². The quantitative estimate of drug-likeness (QED) is 0.262. The van der Waals surface area contributed by atoms with Crippen LogP contribution in [0.15, 0.2) is 30.6 Å². The largest absolute Gasteiger partial charge is 0.496 e. The maximum Gasteiger partial charge on any atom is 0.233 e. The van der Waals surface area contributed by atoms with E-state index in [-0.39, 0.29) is 18.6 Å². The molecule has 0 aliphatic carbocycles. The molecule has 1 fully saturated rings. The van der Waals surface area contributed by atoms with Crippen LogP contribution in [0.1, 0.15) is 24.0 Å². The van der Waals surface area contributed by atoms with E-state index in [1.165, 1.54) is 0 Å². The molecule has 0 radical (unpaired) electrons. The number of carbonyl (C=O) groups is 1. The summed E-state index contributed by atoms with van der Waals surface area (Å²) in [7, 11) is 0.384. The SMILES string of the molecule is COc1cc(Cl)ccc1CC1CCCN(c2nc(-c3cnncc3C)nn2COCC[Si-](C)(C)C)C1=O. The number of hydrogen-bond donors (Lipinski definition) is 0. The van der Waals surface area contributed by atoms with Gasteiger partial charge in [-0.3, -0.25) is 9.69 Å². The van der Waals surface area contributed by atoms with Gasteiger partial charge in [-0.2, -0.15) is 34.8 Å². The first kappa shape index (κ1) is 27.2. The lowest BCUT2D eigenvalue weighted by molar-refractivity contribution is -0.123. The van der Waals surface area contributed by atoms with Crippen molar-refractivity contribution >= 4 is 31.5 Å². The van der Waals surface area contributed by atoms with Crippen LogP contribution in [0.25, 0.3) is 11.4 Å². The lowest BCUT2D eigenvalue weighted by Crippen LogP contribution is -2.43. The molecule has 37 heavy (non-hydrogen) atoms. The fourth-order valence-electron chi connectivity index (χ4n) is 4.37. The van der Waals surface area contributed by atoms with Crippen LogP contribution in [0.5, 0.6) is 5.75 Å². The van der Waals surface area contributed by atoms with Gasteiger partial charge in [-0.15, -0.1) is 19.2 Å². The fourth-order valence-corrected chi connectivity index (χ4v) is 5.29. The maximum atomic E-state index is 13.7. The molecule has 0 spiro atoms. The van der Waals surface area contributed by atoms with Crippen LogP contribution in [0.3, 0.4) is 0 Å². The molecule has 2 aromatic heterocycles. The van der Waals surface area contributed by atoms with E-state index in [0.717, 1.165) is 35.6 Å². The molecule has 0 bridgehead atoms. The van der Waals surface area contributed by atoms with E-state index in [4.69, 9.17) is 31.2 Å². The Morgan fingerprint density at radius 3 is 2.70 bits per heavy atom. The highest BCUT2D eigenvalue weighted by Crippen LogP contribution is 2.31. The van der Waals surface area contributed by atoms with Crippen LogP contribution >= 0.6 is 11.6 Å². The van der Waals surface area contributed by atoms with Gasteiger partial charge in [0.05, 0.1) is 19.5 Å². The number of ether oxygens (including phenoxy) is 2. The Labute approximate surface area is 224 Å². The Morgan fingerprint density at radius 1 is 1.19 bits per heavy atom. The van der Waals surface area contributed by atoms with Gasteiger partial charge in [0.15, 0.2) is 5.82 Å². The maximum absolute atomic E-state index is 13.7. The van der Waals surface area contributed by atoms with Crippen LogP contribution in [-0.4, -0.2) is 59.2 Å². The minimum atomic E-state index is -1.23. The molecule has 3 aromatic rings. The van der Waals surface area contributed by atoms with Crippen molar-refractivity contribution in [3.05, 3.63) is 46.7 Å². The Balaban J connectivity index is 1.60. The minimum Gasteiger partial charge on any atom is -0.496 e. The van der Waals surface area contributed by atoms with E-state index in [2.05, 4.69) is 29.8 Å². The number of aryl methyl sites for hydroxylation is 1. The molecule has 1 aliphatic rings. The van der Waals surface area contributed by atoms with Gasteiger partial charge in [0, 0.05) is 29.7 Å². The van der Waals surface area contributed by atoms with Gasteiger partial charge in [0.1, 0.15) is 12.5 Å². The highest BCUT2D eigenvalue weighted by Gasteiger charge is 2.33. The van der Waals surface area contributed by atoms with Crippen LogP contribution in [0.4, 0.5) is 5.95 Å². The van der Waals surface area contributed by atoms with Gasteiger partial charge in [-0.1, -0.05) is 17.7 Å². The highest BCUT2D eigenvalue weighted by molar-refractivity contribution is 6.76. The summed E-state index contributed by atoms with van der Waals surface area (Å²) in [5.41, 5.74) is 2.66. The summed E-state index contributed by atoms with van der Waals surface area (Å²) < 4.78 is 13.2. The molecule has 199 valence electrons. The van der Waals surface area contributed by atoms with Crippen molar-refractivity contribution in [2.45, 2.75) is 58.6 Å². The third-order valence-electron chi connectivity index (χ3n) is 6.54. The highest BCUT2D eigenvalue weighted by atomic mass is 35.5. The molecule has 3 heterocycles. The number of benzene rings is 1. The molecule has 1 aromatic carbocycles. The number of amides is 1. The summed E-state index contributed by atoms with van der Waals surface area (Å²) in [5, 5.41) is 13.3. The Morgan fingerprint density at radius 2 is 1.97 bits per heavy atom. The molecule has 1 unspecified atom stereocenters. The first-order chi connectivity index (χ1) is 17.7. The van der Waals surface area contributed by atoms with Crippen molar-refractivity contribution in [2.24, 2.45) is 5.92 Å². The van der Waals surface area contributed by atoms with Crippen molar-refractivity contribution in [1.82, 2.24) is 25.0 Å². The number of piperidine rings is 1. The fraction of sp³-hybridized carbons (Fsp3) is 0.500. The number of nitrogens with zero attached hydrogens (tertiary/aromatic N) is 6. The Hall–Kier alpha value is -2.82. The molecular formula is C26H35ClN6O3Si-. The standard InChI is InChI=1S/C26H35ClN6O3Si/c1-18-15-28-29-16-22(18)24-30-26(33(31-24)17-36-11-12-37(3,4)5)32-10-6-7-20(25(32)34)13-19-8-9-21(27)14-23(19)35-2/h8-9,14-16,20H,6-7,10-13,17H2,1-5H3/q-1. The van der Waals surface area contributed by atoms with E-state index < -0.39 is 8.07 Å². The molecule has 1 atom stereocenters. The molecule has 0 N–H and O–H groups in total. The lowest BCUT2D eigenvalue weighted by atomic mass is 9.90. The molecule has 11 heteroatoms. The summed E-state index contributed by atoms with van der Waals surface area (Å²) in [6.45, 7) is 10.3. The second-order valence-electron chi connectivity index (χ2n) is 10.7. The van der Waals surface area contributed by atoms with Crippen molar-refractivity contribution in [3.63, 3.8) is 0 Å². The summed E-state index contributed by atoms with van der Waals surface area (Å²) >= 11 is 6.14. The molecule has 1 aliphatic heterocycles. The lowest BCUT2D eigenvalue weighted by Gasteiger charge is -2.31. The Bertz CT molecular complexity index is 1250. The van der Waals surface area contributed by atoms with Gasteiger partial charge in [0.25, 0.3) is 0 Å². The first-order valence-corrected chi connectivity index (χ1v) is 16.7. The summed E-state index contributed by atoms with van der Waals surface area (Å²) in [5.74, 6) is 1.52. The van der Waals surface area contributed by atoms with E-state index >= 15 is 0 Å². The number of methoxy groups -OCH3 is 1. The predicted octanol–water partition coefficient (Wildman–Crippen LogP) is 5.00. The topological polar surface area (TPSA) is 95.3 Å². The Kier molecular flexibility index (Phi) is 8.61. The second kappa shape index (κ2) is 11.7.